The van der Waals surface area contributed by atoms with Crippen molar-refractivity contribution in [2.24, 2.45) is 0 Å². The molecule has 0 aromatic carbocycles. The third kappa shape index (κ3) is 0.686. The lowest BCUT2D eigenvalue weighted by molar-refractivity contribution is -0.109. The standard InChI is InChI=1S/C6H6N2OS/c9-4-6(1-2-6)5-3-10-8-7-5/h3-4H,1-2H2. The van der Waals surface area contributed by atoms with Crippen LogP contribution >= 0.6 is 11.5 Å². The quantitative estimate of drug-likeness (QED) is 0.591. The molecule has 1 aromatic heterocycles. The van der Waals surface area contributed by atoms with Crippen molar-refractivity contribution >= 4 is 17.8 Å². The Morgan fingerprint density at radius 3 is 2.90 bits per heavy atom. The van der Waals surface area contributed by atoms with Crippen molar-refractivity contribution in [3.05, 3.63) is 11.1 Å². The third-order valence-corrected chi connectivity index (χ3v) is 2.39. The first kappa shape index (κ1) is 5.97. The number of rotatable bonds is 2. The molecule has 52 valence electrons. The SMILES string of the molecule is O=CC1(c2csnn2)CC1. The third-order valence-electron chi connectivity index (χ3n) is 1.88. The van der Waals surface area contributed by atoms with E-state index in [1.807, 2.05) is 5.38 Å². The highest BCUT2D eigenvalue weighted by molar-refractivity contribution is 7.03. The van der Waals surface area contributed by atoms with E-state index in [4.69, 9.17) is 0 Å². The van der Waals surface area contributed by atoms with Crippen LogP contribution in [0.2, 0.25) is 0 Å². The highest BCUT2D eigenvalue weighted by Gasteiger charge is 2.46. The zero-order valence-electron chi connectivity index (χ0n) is 5.28. The molecule has 2 rings (SSSR count). The summed E-state index contributed by atoms with van der Waals surface area (Å²) in [5.41, 5.74) is 0.625. The second-order valence-corrected chi connectivity index (χ2v) is 3.17. The smallest absolute Gasteiger partial charge is 0.132 e. The number of nitrogens with zero attached hydrogens (tertiary/aromatic N) is 2. The van der Waals surface area contributed by atoms with Gasteiger partial charge in [-0.25, -0.2) is 0 Å². The summed E-state index contributed by atoms with van der Waals surface area (Å²) in [5.74, 6) is 0. The second-order valence-electron chi connectivity index (χ2n) is 2.56. The van der Waals surface area contributed by atoms with Gasteiger partial charge in [-0.2, -0.15) is 0 Å². The molecule has 0 spiro atoms. The highest BCUT2D eigenvalue weighted by atomic mass is 32.1. The first-order valence-electron chi connectivity index (χ1n) is 3.11. The maximum atomic E-state index is 10.5. The highest BCUT2D eigenvalue weighted by Crippen LogP contribution is 2.45. The molecule has 0 aliphatic heterocycles. The van der Waals surface area contributed by atoms with Crippen LogP contribution in [0.5, 0.6) is 0 Å². The predicted octanol–water partition coefficient (Wildman–Crippen LogP) is 0.769. The lowest BCUT2D eigenvalue weighted by atomic mass is 10.1. The number of hydrogen-bond donors (Lipinski definition) is 0. The first-order valence-corrected chi connectivity index (χ1v) is 3.95. The van der Waals surface area contributed by atoms with E-state index >= 15 is 0 Å². The van der Waals surface area contributed by atoms with Gasteiger partial charge in [0.25, 0.3) is 0 Å². The average Bonchev–Trinajstić information content (AvgIpc) is 2.58. The van der Waals surface area contributed by atoms with Crippen molar-refractivity contribution in [3.8, 4) is 0 Å². The van der Waals surface area contributed by atoms with Gasteiger partial charge in [-0.05, 0) is 24.4 Å². The molecule has 1 aliphatic carbocycles. The Kier molecular flexibility index (Phi) is 1.11. The van der Waals surface area contributed by atoms with Crippen molar-refractivity contribution < 1.29 is 4.79 Å². The Hall–Kier alpha value is -0.770. The van der Waals surface area contributed by atoms with Gasteiger partial charge in [0.15, 0.2) is 0 Å². The molecule has 0 radical (unpaired) electrons. The fourth-order valence-corrected chi connectivity index (χ4v) is 1.51. The topological polar surface area (TPSA) is 42.9 Å². The van der Waals surface area contributed by atoms with Crippen LogP contribution in [-0.2, 0) is 10.2 Å². The van der Waals surface area contributed by atoms with Gasteiger partial charge in [-0.1, -0.05) is 4.49 Å². The maximum Gasteiger partial charge on any atom is 0.132 e. The molecule has 1 heterocycles. The van der Waals surface area contributed by atoms with Crippen LogP contribution in [0.15, 0.2) is 5.38 Å². The fraction of sp³-hybridized carbons (Fsp3) is 0.500. The molecule has 1 saturated carbocycles. The number of carbonyl (C=O) groups is 1. The molecule has 0 atom stereocenters. The zero-order valence-corrected chi connectivity index (χ0v) is 6.10. The molecule has 0 N–H and O–H groups in total. The van der Waals surface area contributed by atoms with Crippen LogP contribution in [0.25, 0.3) is 0 Å². The Bertz CT molecular complexity index is 240. The Morgan fingerprint density at radius 1 is 1.70 bits per heavy atom. The van der Waals surface area contributed by atoms with Gasteiger partial charge < -0.3 is 4.79 Å². The largest absolute Gasteiger partial charge is 0.302 e. The van der Waals surface area contributed by atoms with Crippen LogP contribution in [-0.4, -0.2) is 15.9 Å². The molecule has 1 aromatic rings. The van der Waals surface area contributed by atoms with E-state index in [2.05, 4.69) is 9.59 Å². The van der Waals surface area contributed by atoms with Crippen molar-refractivity contribution in [1.29, 1.82) is 0 Å². The van der Waals surface area contributed by atoms with Crippen molar-refractivity contribution in [1.82, 2.24) is 9.59 Å². The summed E-state index contributed by atoms with van der Waals surface area (Å²) in [7, 11) is 0. The Morgan fingerprint density at radius 2 is 2.50 bits per heavy atom. The average molecular weight is 154 g/mol. The molecular formula is C6H6N2OS. The predicted molar refractivity (Wildman–Crippen MR) is 36.9 cm³/mol. The summed E-state index contributed by atoms with van der Waals surface area (Å²) < 4.78 is 3.71. The van der Waals surface area contributed by atoms with E-state index in [0.29, 0.717) is 0 Å². The maximum absolute atomic E-state index is 10.5. The number of aldehydes is 1. The van der Waals surface area contributed by atoms with Crippen molar-refractivity contribution in [3.63, 3.8) is 0 Å². The van der Waals surface area contributed by atoms with E-state index in [9.17, 15) is 4.79 Å². The summed E-state index contributed by atoms with van der Waals surface area (Å²) in [5, 5.41) is 5.71. The second kappa shape index (κ2) is 1.85. The van der Waals surface area contributed by atoms with Crippen LogP contribution < -0.4 is 0 Å². The normalized spacial score (nSPS) is 20.4. The summed E-state index contributed by atoms with van der Waals surface area (Å²) in [6.45, 7) is 0. The lowest BCUT2D eigenvalue weighted by Gasteiger charge is -1.96. The van der Waals surface area contributed by atoms with Gasteiger partial charge in [0.1, 0.15) is 6.29 Å². The summed E-state index contributed by atoms with van der Waals surface area (Å²) in [6.07, 6.45) is 2.88. The van der Waals surface area contributed by atoms with Crippen LogP contribution in [0, 0.1) is 0 Å². The molecule has 0 bridgehead atoms. The molecule has 3 nitrogen and oxygen atoms in total. The fourth-order valence-electron chi connectivity index (χ4n) is 0.951. The molecular weight excluding hydrogens is 148 g/mol. The van der Waals surface area contributed by atoms with E-state index in [0.717, 1.165) is 24.8 Å². The molecule has 0 saturated heterocycles. The van der Waals surface area contributed by atoms with Gasteiger partial charge in [0.05, 0.1) is 11.1 Å². The van der Waals surface area contributed by atoms with E-state index in [1.54, 1.807) is 0 Å². The van der Waals surface area contributed by atoms with E-state index in [-0.39, 0.29) is 5.41 Å². The van der Waals surface area contributed by atoms with Crippen molar-refractivity contribution in [2.75, 3.05) is 0 Å². The molecule has 4 heteroatoms. The molecule has 0 unspecified atom stereocenters. The van der Waals surface area contributed by atoms with E-state index < -0.39 is 0 Å². The molecule has 1 fully saturated rings. The molecule has 10 heavy (non-hydrogen) atoms. The number of hydrogen-bond acceptors (Lipinski definition) is 4. The first-order chi connectivity index (χ1) is 4.87. The van der Waals surface area contributed by atoms with Gasteiger partial charge in [-0.3, -0.25) is 0 Å². The minimum absolute atomic E-state index is 0.229. The zero-order chi connectivity index (χ0) is 7.03. The van der Waals surface area contributed by atoms with Gasteiger partial charge >= 0.3 is 0 Å². The monoisotopic (exact) mass is 154 g/mol. The summed E-state index contributed by atoms with van der Waals surface area (Å²) >= 11 is 1.30. The van der Waals surface area contributed by atoms with E-state index in [1.165, 1.54) is 11.5 Å². The van der Waals surface area contributed by atoms with Crippen LogP contribution in [0.1, 0.15) is 18.5 Å². The molecule has 0 amide bonds. The molecule has 1 aliphatic rings. The van der Waals surface area contributed by atoms with Gasteiger partial charge in [0.2, 0.25) is 0 Å². The van der Waals surface area contributed by atoms with Crippen LogP contribution in [0.3, 0.4) is 0 Å². The lowest BCUT2D eigenvalue weighted by Crippen LogP contribution is -2.07. The summed E-state index contributed by atoms with van der Waals surface area (Å²) in [4.78, 5) is 10.5. The minimum atomic E-state index is -0.229. The Balaban J connectivity index is 2.35. The van der Waals surface area contributed by atoms with Gasteiger partial charge in [-0.15, -0.1) is 5.10 Å². The number of aromatic nitrogens is 2. The summed E-state index contributed by atoms with van der Waals surface area (Å²) in [6, 6.07) is 0. The minimum Gasteiger partial charge on any atom is -0.302 e. The Labute approximate surface area is 62.2 Å². The van der Waals surface area contributed by atoms with Crippen molar-refractivity contribution in [2.45, 2.75) is 18.3 Å². The number of carbonyl (C=O) groups excluding carboxylic acids is 1. The van der Waals surface area contributed by atoms with Gasteiger partial charge in [0, 0.05) is 5.38 Å². The van der Waals surface area contributed by atoms with Crippen LogP contribution in [0.4, 0.5) is 0 Å².